The molecule has 78 valence electrons. The van der Waals surface area contributed by atoms with Gasteiger partial charge in [0.25, 0.3) is 5.91 Å². The number of benzene rings is 1. The molecule has 1 amide bonds. The lowest BCUT2D eigenvalue weighted by Gasteiger charge is -2.03. The number of nitrogen functional groups attached to an aromatic ring is 1. The van der Waals surface area contributed by atoms with E-state index in [1.165, 1.54) is 12.1 Å². The zero-order chi connectivity index (χ0) is 11.3. The van der Waals surface area contributed by atoms with Crippen molar-refractivity contribution in [1.29, 1.82) is 0 Å². The van der Waals surface area contributed by atoms with E-state index in [0.717, 1.165) is 6.07 Å². The summed E-state index contributed by atoms with van der Waals surface area (Å²) in [5, 5.41) is 2.56. The molecule has 0 radical (unpaired) electrons. The summed E-state index contributed by atoms with van der Waals surface area (Å²) < 4.78 is 13.0. The van der Waals surface area contributed by atoms with Crippen LogP contribution in [0.3, 0.4) is 0 Å². The van der Waals surface area contributed by atoms with Gasteiger partial charge in [0.1, 0.15) is 5.82 Å². The Bertz CT molecular complexity index is 410. The third-order valence-electron chi connectivity index (χ3n) is 1.82. The van der Waals surface area contributed by atoms with Gasteiger partial charge >= 0.3 is 0 Å². The van der Waals surface area contributed by atoms with Gasteiger partial charge in [0.15, 0.2) is 0 Å². The number of hydrogen-bond acceptors (Lipinski definition) is 2. The van der Waals surface area contributed by atoms with Crippen molar-refractivity contribution >= 4 is 11.6 Å². The molecule has 0 bridgehead atoms. The number of amides is 1. The van der Waals surface area contributed by atoms with Gasteiger partial charge in [-0.2, -0.15) is 0 Å². The summed E-state index contributed by atoms with van der Waals surface area (Å²) >= 11 is 0. The number of rotatable bonds is 3. The lowest BCUT2D eigenvalue weighted by Crippen LogP contribution is -2.24. The lowest BCUT2D eigenvalue weighted by molar-refractivity contribution is 0.0954. The number of nitrogens with two attached hydrogens (primary N) is 1. The molecule has 0 fully saturated rings. The van der Waals surface area contributed by atoms with Crippen LogP contribution in [-0.4, -0.2) is 12.5 Å². The Hall–Kier alpha value is -2.02. The monoisotopic (exact) mass is 206 g/mol. The second kappa shape index (κ2) is 5.01. The van der Waals surface area contributed by atoms with E-state index in [0.29, 0.717) is 13.0 Å². The van der Waals surface area contributed by atoms with Crippen LogP contribution < -0.4 is 11.1 Å². The average molecular weight is 206 g/mol. The SMILES string of the molecule is C#CCCNC(=O)c1ccc(N)c(F)c1. The van der Waals surface area contributed by atoms with Gasteiger partial charge in [-0.15, -0.1) is 12.3 Å². The van der Waals surface area contributed by atoms with Crippen molar-refractivity contribution in [3.63, 3.8) is 0 Å². The molecule has 0 aliphatic rings. The van der Waals surface area contributed by atoms with E-state index in [2.05, 4.69) is 11.2 Å². The van der Waals surface area contributed by atoms with Gasteiger partial charge in [0.2, 0.25) is 0 Å². The molecular weight excluding hydrogens is 195 g/mol. The minimum Gasteiger partial charge on any atom is -0.396 e. The van der Waals surface area contributed by atoms with Crippen LogP contribution in [0.2, 0.25) is 0 Å². The molecule has 1 rings (SSSR count). The maximum atomic E-state index is 13.0. The molecular formula is C11H11FN2O. The lowest BCUT2D eigenvalue weighted by atomic mass is 10.2. The predicted molar refractivity (Wildman–Crippen MR) is 56.6 cm³/mol. The van der Waals surface area contributed by atoms with Gasteiger partial charge in [-0.3, -0.25) is 4.79 Å². The summed E-state index contributed by atoms with van der Waals surface area (Å²) in [6.45, 7) is 0.376. The molecule has 15 heavy (non-hydrogen) atoms. The summed E-state index contributed by atoms with van der Waals surface area (Å²) in [5.41, 5.74) is 5.54. The molecule has 4 heteroatoms. The maximum Gasteiger partial charge on any atom is 0.251 e. The third kappa shape index (κ3) is 2.99. The first-order chi connectivity index (χ1) is 7.15. The normalized spacial score (nSPS) is 9.33. The van der Waals surface area contributed by atoms with E-state index in [9.17, 15) is 9.18 Å². The molecule has 0 spiro atoms. The molecule has 0 aromatic heterocycles. The minimum absolute atomic E-state index is 0.0233. The third-order valence-corrected chi connectivity index (χ3v) is 1.82. The van der Waals surface area contributed by atoms with Crippen LogP contribution in [-0.2, 0) is 0 Å². The van der Waals surface area contributed by atoms with Crippen LogP contribution >= 0.6 is 0 Å². The zero-order valence-corrected chi connectivity index (χ0v) is 8.09. The first kappa shape index (κ1) is 11.1. The number of terminal acetylenes is 1. The number of anilines is 1. The number of hydrogen-bond donors (Lipinski definition) is 2. The molecule has 1 aromatic carbocycles. The molecule has 0 unspecified atom stereocenters. The Morgan fingerprint density at radius 3 is 2.93 bits per heavy atom. The topological polar surface area (TPSA) is 55.1 Å². The van der Waals surface area contributed by atoms with E-state index in [1.807, 2.05) is 0 Å². The highest BCUT2D eigenvalue weighted by molar-refractivity contribution is 5.94. The Morgan fingerprint density at radius 2 is 2.33 bits per heavy atom. The number of carbonyl (C=O) groups is 1. The Labute approximate surface area is 87.5 Å². The number of carbonyl (C=O) groups excluding carboxylic acids is 1. The van der Waals surface area contributed by atoms with Gasteiger partial charge in [-0.05, 0) is 18.2 Å². The summed E-state index contributed by atoms with van der Waals surface area (Å²) in [4.78, 5) is 11.4. The quantitative estimate of drug-likeness (QED) is 0.443. The van der Waals surface area contributed by atoms with Crippen molar-refractivity contribution < 1.29 is 9.18 Å². The highest BCUT2D eigenvalue weighted by Crippen LogP contribution is 2.11. The van der Waals surface area contributed by atoms with Crippen molar-refractivity contribution in [2.75, 3.05) is 12.3 Å². The summed E-state index contributed by atoms with van der Waals surface area (Å²) in [6, 6.07) is 3.91. The Kier molecular flexibility index (Phi) is 3.69. The van der Waals surface area contributed by atoms with Gasteiger partial charge in [-0.25, -0.2) is 4.39 Å². The van der Waals surface area contributed by atoms with Gasteiger partial charge in [-0.1, -0.05) is 0 Å². The van der Waals surface area contributed by atoms with Gasteiger partial charge in [0, 0.05) is 18.5 Å². The van der Waals surface area contributed by atoms with Crippen LogP contribution in [0.25, 0.3) is 0 Å². The van der Waals surface area contributed by atoms with Crippen molar-refractivity contribution in [3.8, 4) is 12.3 Å². The van der Waals surface area contributed by atoms with Crippen molar-refractivity contribution in [2.24, 2.45) is 0 Å². The molecule has 0 aliphatic heterocycles. The number of nitrogens with one attached hydrogen (secondary N) is 1. The molecule has 0 aliphatic carbocycles. The fourth-order valence-corrected chi connectivity index (χ4v) is 1.02. The highest BCUT2D eigenvalue weighted by atomic mass is 19.1. The van der Waals surface area contributed by atoms with E-state index in [-0.39, 0.29) is 17.2 Å². The van der Waals surface area contributed by atoms with Gasteiger partial charge in [0.05, 0.1) is 5.69 Å². The second-order valence-corrected chi connectivity index (χ2v) is 2.95. The van der Waals surface area contributed by atoms with Crippen molar-refractivity contribution in [2.45, 2.75) is 6.42 Å². The van der Waals surface area contributed by atoms with Gasteiger partial charge < -0.3 is 11.1 Å². The highest BCUT2D eigenvalue weighted by Gasteiger charge is 2.07. The molecule has 0 saturated carbocycles. The Balaban J connectivity index is 2.67. The average Bonchev–Trinajstić information content (AvgIpc) is 2.22. The maximum absolute atomic E-state index is 13.0. The molecule has 0 heterocycles. The van der Waals surface area contributed by atoms with Crippen molar-refractivity contribution in [1.82, 2.24) is 5.32 Å². The fraction of sp³-hybridized carbons (Fsp3) is 0.182. The fourth-order valence-electron chi connectivity index (χ4n) is 1.02. The van der Waals surface area contributed by atoms with Crippen LogP contribution in [0.1, 0.15) is 16.8 Å². The van der Waals surface area contributed by atoms with E-state index < -0.39 is 5.82 Å². The van der Waals surface area contributed by atoms with Crippen LogP contribution in [0.4, 0.5) is 10.1 Å². The summed E-state index contributed by atoms with van der Waals surface area (Å²) in [7, 11) is 0. The molecule has 3 N–H and O–H groups in total. The van der Waals surface area contributed by atoms with Crippen LogP contribution in [0.15, 0.2) is 18.2 Å². The predicted octanol–water partition coefficient (Wildman–Crippen LogP) is 1.16. The second-order valence-electron chi connectivity index (χ2n) is 2.95. The standard InChI is InChI=1S/C11H11FN2O/c1-2-3-6-14-11(15)8-4-5-10(13)9(12)7-8/h1,4-5,7H,3,6,13H2,(H,14,15). The van der Waals surface area contributed by atoms with Crippen LogP contribution in [0, 0.1) is 18.2 Å². The first-order valence-corrected chi connectivity index (χ1v) is 4.42. The molecule has 3 nitrogen and oxygen atoms in total. The number of halogens is 1. The van der Waals surface area contributed by atoms with E-state index in [4.69, 9.17) is 12.2 Å². The molecule has 0 saturated heterocycles. The summed E-state index contributed by atoms with van der Waals surface area (Å²) in [5.74, 6) is 1.43. The van der Waals surface area contributed by atoms with Crippen molar-refractivity contribution in [3.05, 3.63) is 29.6 Å². The minimum atomic E-state index is -0.598. The van der Waals surface area contributed by atoms with E-state index in [1.54, 1.807) is 0 Å². The zero-order valence-electron chi connectivity index (χ0n) is 8.09. The largest absolute Gasteiger partial charge is 0.396 e. The van der Waals surface area contributed by atoms with E-state index >= 15 is 0 Å². The smallest absolute Gasteiger partial charge is 0.251 e. The molecule has 1 aromatic rings. The first-order valence-electron chi connectivity index (χ1n) is 4.42. The van der Waals surface area contributed by atoms with Crippen LogP contribution in [0.5, 0.6) is 0 Å². The summed E-state index contributed by atoms with van der Waals surface area (Å²) in [6.07, 6.45) is 5.47. The molecule has 0 atom stereocenters. The Morgan fingerprint density at radius 1 is 1.60 bits per heavy atom.